The van der Waals surface area contributed by atoms with Crippen LogP contribution in [0.3, 0.4) is 0 Å². The summed E-state index contributed by atoms with van der Waals surface area (Å²) >= 11 is 0. The summed E-state index contributed by atoms with van der Waals surface area (Å²) in [5, 5.41) is 29.7. The molecule has 0 saturated heterocycles. The molecule has 13 heteroatoms. The van der Waals surface area contributed by atoms with E-state index in [0.29, 0.717) is 12.1 Å². The molecule has 1 amide bonds. The Balaban J connectivity index is 2.19. The van der Waals surface area contributed by atoms with Crippen molar-refractivity contribution < 1.29 is 46.1 Å². The van der Waals surface area contributed by atoms with Gasteiger partial charge < -0.3 is 20.6 Å². The minimum atomic E-state index is -5.02. The van der Waals surface area contributed by atoms with Crippen molar-refractivity contribution in [1.29, 1.82) is 0 Å². The quantitative estimate of drug-likeness (QED) is 0.370. The average molecular weight is 466 g/mol. The van der Waals surface area contributed by atoms with Crippen molar-refractivity contribution in [1.82, 2.24) is 5.32 Å². The normalized spacial score (nSPS) is 14.0. The lowest BCUT2D eigenvalue weighted by molar-refractivity contribution is -0.139. The van der Waals surface area contributed by atoms with Crippen LogP contribution in [0.25, 0.3) is 0 Å². The summed E-state index contributed by atoms with van der Waals surface area (Å²) < 4.78 is 78.4. The highest BCUT2D eigenvalue weighted by molar-refractivity contribution is 7.92. The first-order valence-corrected chi connectivity index (χ1v) is 10.1. The Morgan fingerprint density at radius 2 is 1.65 bits per heavy atom. The average Bonchev–Trinajstić information content (AvgIpc) is 2.71. The van der Waals surface area contributed by atoms with Gasteiger partial charge in [0.1, 0.15) is 5.82 Å². The number of nitrogens with one attached hydrogen (secondary N) is 2. The second-order valence-electron chi connectivity index (χ2n) is 6.33. The van der Waals surface area contributed by atoms with Gasteiger partial charge in [-0.3, -0.25) is 9.52 Å². The van der Waals surface area contributed by atoms with Gasteiger partial charge in [0.25, 0.3) is 15.9 Å². The molecule has 5 N–H and O–H groups in total. The van der Waals surface area contributed by atoms with Crippen LogP contribution in [0.2, 0.25) is 0 Å². The molecule has 2 unspecified atom stereocenters. The van der Waals surface area contributed by atoms with Crippen LogP contribution in [0.5, 0.6) is 0 Å². The van der Waals surface area contributed by atoms with E-state index in [-0.39, 0.29) is 5.56 Å². The minimum absolute atomic E-state index is 0.0521. The highest BCUT2D eigenvalue weighted by atomic mass is 32.2. The number of benzene rings is 2. The third-order valence-corrected chi connectivity index (χ3v) is 5.51. The summed E-state index contributed by atoms with van der Waals surface area (Å²) in [4.78, 5) is 11.7. The Hall–Kier alpha value is -2.74. The smallest absolute Gasteiger partial charge is 0.394 e. The maximum absolute atomic E-state index is 13.3. The largest absolute Gasteiger partial charge is 0.419 e. The number of rotatable bonds is 8. The van der Waals surface area contributed by atoms with E-state index >= 15 is 0 Å². The number of halogens is 4. The number of aliphatic hydroxyl groups is 3. The van der Waals surface area contributed by atoms with Crippen molar-refractivity contribution in [2.45, 2.75) is 23.2 Å². The lowest BCUT2D eigenvalue weighted by Gasteiger charge is -2.20. The maximum Gasteiger partial charge on any atom is 0.419 e. The van der Waals surface area contributed by atoms with Gasteiger partial charge in [0.15, 0.2) is 0 Å². The van der Waals surface area contributed by atoms with Crippen LogP contribution in [-0.4, -0.2) is 55.0 Å². The first-order valence-electron chi connectivity index (χ1n) is 8.59. The van der Waals surface area contributed by atoms with Crippen LogP contribution in [0, 0.1) is 5.82 Å². The SMILES string of the molecule is O=C(NC(CO)C(O)CO)c1ccc(S(=O)(=O)Nc2ccc(F)c(C(F)(F)F)c2)cc1. The van der Waals surface area contributed by atoms with Gasteiger partial charge in [0.2, 0.25) is 0 Å². The van der Waals surface area contributed by atoms with Crippen LogP contribution < -0.4 is 10.0 Å². The van der Waals surface area contributed by atoms with Crippen molar-refractivity contribution in [2.24, 2.45) is 0 Å². The molecular weight excluding hydrogens is 448 g/mol. The Labute approximate surface area is 174 Å². The van der Waals surface area contributed by atoms with Crippen LogP contribution in [0.15, 0.2) is 47.4 Å². The zero-order valence-corrected chi connectivity index (χ0v) is 16.4. The molecule has 0 radical (unpaired) electrons. The van der Waals surface area contributed by atoms with Crippen molar-refractivity contribution >= 4 is 21.6 Å². The number of alkyl halides is 3. The predicted molar refractivity (Wildman–Crippen MR) is 100 cm³/mol. The zero-order valence-electron chi connectivity index (χ0n) is 15.6. The molecule has 0 aliphatic carbocycles. The zero-order chi connectivity index (χ0) is 23.4. The minimum Gasteiger partial charge on any atom is -0.394 e. The standard InChI is InChI=1S/C18H18F4N2O6S/c19-14-6-3-11(7-13(14)18(20,21)22)24-31(29,30)12-4-1-10(2-5-12)17(28)23-15(8-25)16(27)9-26/h1-7,15-16,24-27H,8-9H2,(H,23,28). The second kappa shape index (κ2) is 9.60. The Bertz CT molecular complexity index is 1030. The lowest BCUT2D eigenvalue weighted by atomic mass is 10.1. The molecule has 0 aliphatic heterocycles. The summed E-state index contributed by atoms with van der Waals surface area (Å²) in [6.07, 6.45) is -6.44. The van der Waals surface area contributed by atoms with Gasteiger partial charge >= 0.3 is 6.18 Å². The van der Waals surface area contributed by atoms with Gasteiger partial charge in [-0.25, -0.2) is 12.8 Å². The summed E-state index contributed by atoms with van der Waals surface area (Å²) in [5.41, 5.74) is -2.20. The molecule has 0 bridgehead atoms. The highest BCUT2D eigenvalue weighted by Gasteiger charge is 2.34. The molecule has 31 heavy (non-hydrogen) atoms. The molecule has 2 aromatic carbocycles. The molecule has 0 fully saturated rings. The van der Waals surface area contributed by atoms with Crippen LogP contribution in [0.4, 0.5) is 23.2 Å². The first kappa shape index (κ1) is 24.5. The molecule has 2 atom stereocenters. The van der Waals surface area contributed by atoms with Crippen molar-refractivity contribution in [3.05, 3.63) is 59.4 Å². The van der Waals surface area contributed by atoms with E-state index in [4.69, 9.17) is 10.2 Å². The van der Waals surface area contributed by atoms with Crippen LogP contribution in [-0.2, 0) is 16.2 Å². The van der Waals surface area contributed by atoms with Gasteiger partial charge in [0, 0.05) is 11.3 Å². The van der Waals surface area contributed by atoms with E-state index in [2.05, 4.69) is 5.32 Å². The Morgan fingerprint density at radius 3 is 2.16 bits per heavy atom. The van der Waals surface area contributed by atoms with Crippen molar-refractivity contribution in [3.63, 3.8) is 0 Å². The summed E-state index contributed by atoms with van der Waals surface area (Å²) in [5.74, 6) is -2.34. The van der Waals surface area contributed by atoms with E-state index < -0.39 is 69.4 Å². The van der Waals surface area contributed by atoms with Gasteiger partial charge in [0.05, 0.1) is 35.8 Å². The van der Waals surface area contributed by atoms with E-state index in [9.17, 15) is 35.9 Å². The lowest BCUT2D eigenvalue weighted by Crippen LogP contribution is -2.47. The number of carbonyl (C=O) groups is 1. The number of carbonyl (C=O) groups excluding carboxylic acids is 1. The first-order chi connectivity index (χ1) is 14.4. The maximum atomic E-state index is 13.3. The molecule has 0 heterocycles. The number of amides is 1. The van der Waals surface area contributed by atoms with E-state index in [1.165, 1.54) is 0 Å². The van der Waals surface area contributed by atoms with Crippen LogP contribution in [0.1, 0.15) is 15.9 Å². The summed E-state index contributed by atoms with van der Waals surface area (Å²) in [6.45, 7) is -1.38. The molecule has 170 valence electrons. The third kappa shape index (κ3) is 6.13. The number of hydrogen-bond acceptors (Lipinski definition) is 6. The number of hydrogen-bond donors (Lipinski definition) is 5. The predicted octanol–water partition coefficient (Wildman–Crippen LogP) is 1.09. The Kier molecular flexibility index (Phi) is 7.59. The second-order valence-corrected chi connectivity index (χ2v) is 8.02. The highest BCUT2D eigenvalue weighted by Crippen LogP contribution is 2.33. The van der Waals surface area contributed by atoms with Crippen LogP contribution >= 0.6 is 0 Å². The Morgan fingerprint density at radius 1 is 1.03 bits per heavy atom. The van der Waals surface area contributed by atoms with Crippen molar-refractivity contribution in [3.8, 4) is 0 Å². The number of aliphatic hydroxyl groups excluding tert-OH is 3. The van der Waals surface area contributed by atoms with Gasteiger partial charge in [-0.05, 0) is 42.5 Å². The summed E-state index contributed by atoms with van der Waals surface area (Å²) in [6, 6.07) is 4.65. The van der Waals surface area contributed by atoms with E-state index in [0.717, 1.165) is 30.3 Å². The molecule has 8 nitrogen and oxygen atoms in total. The number of anilines is 1. The van der Waals surface area contributed by atoms with Gasteiger partial charge in [-0.15, -0.1) is 0 Å². The number of sulfonamides is 1. The molecule has 0 saturated carbocycles. The van der Waals surface area contributed by atoms with E-state index in [1.54, 1.807) is 0 Å². The topological polar surface area (TPSA) is 136 Å². The molecule has 2 aromatic rings. The van der Waals surface area contributed by atoms with Crippen molar-refractivity contribution in [2.75, 3.05) is 17.9 Å². The fraction of sp³-hybridized carbons (Fsp3) is 0.278. The van der Waals surface area contributed by atoms with E-state index in [1.807, 2.05) is 4.72 Å². The molecule has 0 spiro atoms. The van der Waals surface area contributed by atoms with Gasteiger partial charge in [-0.1, -0.05) is 0 Å². The molecule has 0 aliphatic rings. The van der Waals surface area contributed by atoms with Gasteiger partial charge in [-0.2, -0.15) is 13.2 Å². The monoisotopic (exact) mass is 466 g/mol. The molecule has 0 aromatic heterocycles. The fourth-order valence-corrected chi connectivity index (χ4v) is 3.50. The molecule has 2 rings (SSSR count). The summed E-state index contributed by atoms with van der Waals surface area (Å²) in [7, 11) is -4.36. The fourth-order valence-electron chi connectivity index (χ4n) is 2.45. The third-order valence-electron chi connectivity index (χ3n) is 4.12. The molecular formula is C18H18F4N2O6S.